The second-order valence-corrected chi connectivity index (χ2v) is 8.23. The lowest BCUT2D eigenvalue weighted by Crippen LogP contribution is -2.28. The smallest absolute Gasteiger partial charge is 0.268 e. The summed E-state index contributed by atoms with van der Waals surface area (Å²) >= 11 is 0. The van der Waals surface area contributed by atoms with Crippen LogP contribution in [-0.4, -0.2) is 32.4 Å². The molecule has 3 aromatic heterocycles. The number of carbonyl (C=O) groups is 1. The monoisotopic (exact) mass is 496 g/mol. The van der Waals surface area contributed by atoms with Gasteiger partial charge < -0.3 is 9.47 Å². The molecule has 0 amide bonds. The molecule has 8 nitrogen and oxygen atoms in total. The van der Waals surface area contributed by atoms with Crippen molar-refractivity contribution in [1.29, 1.82) is 0 Å². The first-order valence-corrected chi connectivity index (χ1v) is 11.4. The molecule has 0 N–H and O–H groups in total. The molecule has 0 atom stereocenters. The van der Waals surface area contributed by atoms with Crippen molar-refractivity contribution in [2.75, 3.05) is 7.11 Å². The van der Waals surface area contributed by atoms with Gasteiger partial charge in [0.1, 0.15) is 34.2 Å². The van der Waals surface area contributed by atoms with Crippen LogP contribution in [-0.2, 0) is 6.42 Å². The topological polar surface area (TPSA) is 96.2 Å². The van der Waals surface area contributed by atoms with Crippen molar-refractivity contribution in [1.82, 2.24) is 19.5 Å². The Hall–Kier alpha value is -4.92. The summed E-state index contributed by atoms with van der Waals surface area (Å²) in [6.07, 6.45) is 4.51. The van der Waals surface area contributed by atoms with Crippen molar-refractivity contribution in [2.24, 2.45) is 0 Å². The highest BCUT2D eigenvalue weighted by atomic mass is 19.1. The van der Waals surface area contributed by atoms with Gasteiger partial charge in [-0.3, -0.25) is 19.1 Å². The summed E-state index contributed by atoms with van der Waals surface area (Å²) in [5.41, 5.74) is 1.82. The van der Waals surface area contributed by atoms with Crippen LogP contribution in [0.4, 0.5) is 4.39 Å². The molecule has 0 unspecified atom stereocenters. The molecule has 0 saturated heterocycles. The summed E-state index contributed by atoms with van der Waals surface area (Å²) in [4.78, 5) is 39.0. The lowest BCUT2D eigenvalue weighted by atomic mass is 10.0. The Kier molecular flexibility index (Phi) is 6.42. The quantitative estimate of drug-likeness (QED) is 0.297. The van der Waals surface area contributed by atoms with Gasteiger partial charge in [-0.25, -0.2) is 14.4 Å². The van der Waals surface area contributed by atoms with E-state index in [1.54, 1.807) is 62.8 Å². The van der Waals surface area contributed by atoms with Crippen molar-refractivity contribution < 1.29 is 18.7 Å². The number of benzene rings is 2. The minimum atomic E-state index is -0.502. The third-order valence-corrected chi connectivity index (χ3v) is 5.79. The number of ether oxygens (including phenoxy) is 2. The van der Waals surface area contributed by atoms with E-state index in [2.05, 4.69) is 15.0 Å². The fraction of sp³-hybridized carbons (Fsp3) is 0.107. The summed E-state index contributed by atoms with van der Waals surface area (Å²) in [5, 5.41) is 0. The van der Waals surface area contributed by atoms with Crippen molar-refractivity contribution >= 4 is 16.8 Å². The third-order valence-electron chi connectivity index (χ3n) is 5.79. The molecule has 3 heterocycles. The number of ketones is 1. The molecule has 0 aliphatic carbocycles. The number of nitrogens with zero attached hydrogens (tertiary/aromatic N) is 4. The standard InChI is InChI=1S/C28H21FN4O4/c1-17-31-16-23(28(35)33(17)20-7-5-19(29)6-8-20)25(34)13-18-3-9-21(10-4-18)37-26-11-12-30-24-14-22(36-2)15-32-27(24)26/h3-12,14-16H,13H2,1-2H3. The van der Waals surface area contributed by atoms with Gasteiger partial charge in [-0.2, -0.15) is 0 Å². The summed E-state index contributed by atoms with van der Waals surface area (Å²) in [5.74, 6) is 1.28. The Bertz CT molecular complexity index is 1670. The molecule has 5 rings (SSSR count). The lowest BCUT2D eigenvalue weighted by molar-refractivity contribution is 0.0990. The number of aryl methyl sites for hydroxylation is 1. The maximum absolute atomic E-state index is 13.3. The number of aromatic nitrogens is 4. The van der Waals surface area contributed by atoms with E-state index >= 15 is 0 Å². The summed E-state index contributed by atoms with van der Waals surface area (Å²) in [6, 6.07) is 15.9. The highest BCUT2D eigenvalue weighted by molar-refractivity contribution is 5.97. The molecule has 0 aliphatic heterocycles. The van der Waals surface area contributed by atoms with Crippen LogP contribution in [0.3, 0.4) is 0 Å². The van der Waals surface area contributed by atoms with E-state index in [1.807, 2.05) is 0 Å². The average Bonchev–Trinajstić information content (AvgIpc) is 2.90. The molecule has 0 bridgehead atoms. The first kappa shape index (κ1) is 23.8. The van der Waals surface area contributed by atoms with Gasteiger partial charge in [-0.1, -0.05) is 12.1 Å². The van der Waals surface area contributed by atoms with Crippen molar-refractivity contribution in [3.8, 4) is 22.9 Å². The Balaban J connectivity index is 1.35. The van der Waals surface area contributed by atoms with E-state index in [4.69, 9.17) is 9.47 Å². The number of carbonyl (C=O) groups excluding carboxylic acids is 1. The fourth-order valence-electron chi connectivity index (χ4n) is 3.89. The fourth-order valence-corrected chi connectivity index (χ4v) is 3.89. The molecule has 5 aromatic rings. The van der Waals surface area contributed by atoms with Crippen LogP contribution in [0.1, 0.15) is 21.7 Å². The minimum Gasteiger partial charge on any atom is -0.495 e. The van der Waals surface area contributed by atoms with Gasteiger partial charge in [0, 0.05) is 30.9 Å². The minimum absolute atomic E-state index is 0.00319. The van der Waals surface area contributed by atoms with E-state index in [0.29, 0.717) is 45.4 Å². The number of hydrogen-bond acceptors (Lipinski definition) is 7. The molecule has 2 aromatic carbocycles. The molecule has 0 aliphatic rings. The molecule has 37 heavy (non-hydrogen) atoms. The van der Waals surface area contributed by atoms with Gasteiger partial charge >= 0.3 is 0 Å². The predicted octanol–water partition coefficient (Wildman–Crippen LogP) is 4.85. The van der Waals surface area contributed by atoms with Gasteiger partial charge in [-0.05, 0) is 48.9 Å². The summed E-state index contributed by atoms with van der Waals surface area (Å²) in [7, 11) is 1.56. The Morgan fingerprint density at radius 3 is 2.43 bits per heavy atom. The maximum Gasteiger partial charge on any atom is 0.268 e. The van der Waals surface area contributed by atoms with Crippen molar-refractivity contribution in [3.63, 3.8) is 0 Å². The van der Waals surface area contributed by atoms with Gasteiger partial charge in [0.25, 0.3) is 5.56 Å². The molecule has 0 spiro atoms. The second kappa shape index (κ2) is 9.98. The van der Waals surface area contributed by atoms with E-state index in [0.717, 1.165) is 0 Å². The first-order valence-electron chi connectivity index (χ1n) is 11.4. The Morgan fingerprint density at radius 1 is 0.946 bits per heavy atom. The zero-order chi connectivity index (χ0) is 25.9. The number of pyridine rings is 2. The molecule has 0 fully saturated rings. The van der Waals surface area contributed by atoms with Gasteiger partial charge in [-0.15, -0.1) is 0 Å². The van der Waals surface area contributed by atoms with Gasteiger partial charge in [0.05, 0.1) is 24.5 Å². The van der Waals surface area contributed by atoms with Crippen LogP contribution in [0.5, 0.6) is 17.2 Å². The predicted molar refractivity (Wildman–Crippen MR) is 135 cm³/mol. The van der Waals surface area contributed by atoms with Crippen LogP contribution in [0.15, 0.2) is 84.0 Å². The normalized spacial score (nSPS) is 10.9. The van der Waals surface area contributed by atoms with Crippen LogP contribution < -0.4 is 15.0 Å². The SMILES string of the molecule is COc1cnc2c(Oc3ccc(CC(=O)c4cnc(C)n(-c5ccc(F)cc5)c4=O)cc3)ccnc2c1. The molecule has 9 heteroatoms. The van der Waals surface area contributed by atoms with Crippen LogP contribution >= 0.6 is 0 Å². The Labute approximate surface area is 211 Å². The largest absolute Gasteiger partial charge is 0.495 e. The highest BCUT2D eigenvalue weighted by Crippen LogP contribution is 2.29. The lowest BCUT2D eigenvalue weighted by Gasteiger charge is -2.11. The first-order chi connectivity index (χ1) is 17.9. The van der Waals surface area contributed by atoms with Crippen molar-refractivity contribution in [3.05, 3.63) is 112 Å². The maximum atomic E-state index is 13.3. The highest BCUT2D eigenvalue weighted by Gasteiger charge is 2.17. The zero-order valence-electron chi connectivity index (χ0n) is 20.0. The van der Waals surface area contributed by atoms with Crippen molar-refractivity contribution in [2.45, 2.75) is 13.3 Å². The van der Waals surface area contributed by atoms with Gasteiger partial charge in [0.2, 0.25) is 0 Å². The van der Waals surface area contributed by atoms with E-state index < -0.39 is 11.4 Å². The number of methoxy groups -OCH3 is 1. The Morgan fingerprint density at radius 2 is 1.70 bits per heavy atom. The third kappa shape index (κ3) is 4.92. The average molecular weight is 496 g/mol. The number of rotatable bonds is 7. The van der Waals surface area contributed by atoms with E-state index in [-0.39, 0.29) is 17.8 Å². The summed E-state index contributed by atoms with van der Waals surface area (Å²) in [6.45, 7) is 1.65. The number of fused-ring (bicyclic) bond motifs is 1. The summed E-state index contributed by atoms with van der Waals surface area (Å²) < 4.78 is 25.8. The van der Waals surface area contributed by atoms with Crippen LogP contribution in [0.25, 0.3) is 16.7 Å². The molecule has 184 valence electrons. The number of hydrogen-bond donors (Lipinski definition) is 0. The van der Waals surface area contributed by atoms with E-state index in [1.165, 1.54) is 35.0 Å². The second-order valence-electron chi connectivity index (χ2n) is 8.23. The molecule has 0 saturated carbocycles. The molecular formula is C28H21FN4O4. The van der Waals surface area contributed by atoms with Crippen LogP contribution in [0.2, 0.25) is 0 Å². The van der Waals surface area contributed by atoms with E-state index in [9.17, 15) is 14.0 Å². The van der Waals surface area contributed by atoms with Crippen LogP contribution in [0, 0.1) is 12.7 Å². The molecular weight excluding hydrogens is 475 g/mol. The molecule has 0 radical (unpaired) electrons. The zero-order valence-corrected chi connectivity index (χ0v) is 20.0. The number of Topliss-reactive ketones (excluding diaryl/α,β-unsaturated/α-hetero) is 1. The number of halogens is 1. The van der Waals surface area contributed by atoms with Gasteiger partial charge in [0.15, 0.2) is 11.5 Å².